The van der Waals surface area contributed by atoms with Crippen molar-refractivity contribution < 1.29 is 38.4 Å². The van der Waals surface area contributed by atoms with Crippen molar-refractivity contribution in [3.63, 3.8) is 0 Å². The van der Waals surface area contributed by atoms with Crippen LogP contribution in [0.3, 0.4) is 0 Å². The third kappa shape index (κ3) is 5.34. The molecule has 3 amide bonds. The van der Waals surface area contributed by atoms with Crippen LogP contribution in [0.2, 0.25) is 0 Å². The molecule has 1 aliphatic heterocycles. The van der Waals surface area contributed by atoms with Gasteiger partial charge in [0, 0.05) is 24.2 Å². The molecule has 0 unspecified atom stereocenters. The average molecular weight is 617 g/mol. The molecule has 2 heterocycles. The van der Waals surface area contributed by atoms with E-state index in [9.17, 15) is 24.0 Å². The maximum atomic E-state index is 14.0. The van der Waals surface area contributed by atoms with E-state index in [4.69, 9.17) is 9.84 Å². The second-order valence-electron chi connectivity index (χ2n) is 11.3. The molecular formula is C36H30N3O7+. The summed E-state index contributed by atoms with van der Waals surface area (Å²) in [7, 11) is 1.89. The Balaban J connectivity index is 1.34. The number of para-hydroxylation sites is 1. The summed E-state index contributed by atoms with van der Waals surface area (Å²) < 4.78 is 7.97. The van der Waals surface area contributed by atoms with Gasteiger partial charge in [-0.2, -0.15) is 4.57 Å². The number of carboxylic acids is 1. The number of nitrogens with zero attached hydrogens (tertiary/aromatic N) is 2. The molecule has 0 bridgehead atoms. The van der Waals surface area contributed by atoms with Crippen molar-refractivity contribution >= 4 is 51.5 Å². The van der Waals surface area contributed by atoms with Gasteiger partial charge in [-0.25, -0.2) is 4.79 Å². The molecule has 4 aromatic carbocycles. The Morgan fingerprint density at radius 1 is 0.826 bits per heavy atom. The summed E-state index contributed by atoms with van der Waals surface area (Å²) in [6.45, 7) is 3.53. The predicted octanol–water partition coefficient (Wildman–Crippen LogP) is 4.65. The smallest absolute Gasteiger partial charge is 0.345 e. The number of ether oxygens (including phenoxy) is 1. The van der Waals surface area contributed by atoms with Crippen molar-refractivity contribution in [1.82, 2.24) is 10.2 Å². The first-order chi connectivity index (χ1) is 22.0. The lowest BCUT2D eigenvalue weighted by atomic mass is 10.00. The second-order valence-corrected chi connectivity index (χ2v) is 11.3. The van der Waals surface area contributed by atoms with Crippen LogP contribution in [0.25, 0.3) is 21.8 Å². The Hall–Kier alpha value is -5.90. The summed E-state index contributed by atoms with van der Waals surface area (Å²) in [6.07, 6.45) is -0.194. The molecule has 1 aliphatic rings. The van der Waals surface area contributed by atoms with Crippen molar-refractivity contribution in [2.45, 2.75) is 26.8 Å². The molecule has 6 rings (SSSR count). The van der Waals surface area contributed by atoms with Gasteiger partial charge in [-0.3, -0.25) is 24.1 Å². The van der Waals surface area contributed by atoms with Gasteiger partial charge >= 0.3 is 11.9 Å². The Labute approximate surface area is 263 Å². The van der Waals surface area contributed by atoms with Gasteiger partial charge in [0.05, 0.1) is 40.4 Å². The zero-order valence-electron chi connectivity index (χ0n) is 25.4. The number of carbonyl (C=O) groups excluding carboxylic acids is 4. The van der Waals surface area contributed by atoms with E-state index in [2.05, 4.69) is 5.32 Å². The van der Waals surface area contributed by atoms with Crippen molar-refractivity contribution in [3.8, 4) is 5.75 Å². The van der Waals surface area contributed by atoms with Crippen LogP contribution in [0.4, 0.5) is 0 Å². The fourth-order valence-electron chi connectivity index (χ4n) is 5.97. The van der Waals surface area contributed by atoms with E-state index in [1.807, 2.05) is 41.9 Å². The number of aliphatic carboxylic acids is 1. The molecule has 1 aromatic heterocycles. The predicted molar refractivity (Wildman–Crippen MR) is 169 cm³/mol. The van der Waals surface area contributed by atoms with Gasteiger partial charge in [0.1, 0.15) is 12.8 Å². The largest absolute Gasteiger partial charge is 0.481 e. The van der Waals surface area contributed by atoms with Crippen LogP contribution in [0.15, 0.2) is 78.9 Å². The number of rotatable bonds is 8. The number of esters is 1. The van der Waals surface area contributed by atoms with Gasteiger partial charge in [-0.15, -0.1) is 0 Å². The molecule has 0 saturated carbocycles. The number of imide groups is 1. The maximum Gasteiger partial charge on any atom is 0.345 e. The standard InChI is InChI=1S/C36H29N3O7/c1-20-16-23(33(42)37-15-14-30(40)41)17-21(2)32(20)46-36(45)31-26-10-6-7-11-28(26)38(3)29-18-22(12-13-27(29)31)19-39-34(43)24-8-4-5-9-25(24)35(39)44/h4-13,16-18H,14-15,19H2,1-3H3,(H-,37,40,41,42)/p+1. The fourth-order valence-corrected chi connectivity index (χ4v) is 5.97. The minimum Gasteiger partial charge on any atom is -0.481 e. The van der Waals surface area contributed by atoms with Gasteiger partial charge in [-0.1, -0.05) is 30.3 Å². The van der Waals surface area contributed by atoms with E-state index in [0.717, 1.165) is 11.1 Å². The normalized spacial score (nSPS) is 12.5. The van der Waals surface area contributed by atoms with Gasteiger partial charge in [0.25, 0.3) is 17.7 Å². The van der Waals surface area contributed by atoms with E-state index in [-0.39, 0.29) is 31.3 Å². The van der Waals surface area contributed by atoms with Crippen LogP contribution in [0.1, 0.15) is 64.5 Å². The Kier molecular flexibility index (Phi) is 7.79. The van der Waals surface area contributed by atoms with E-state index in [1.54, 1.807) is 62.4 Å². The summed E-state index contributed by atoms with van der Waals surface area (Å²) in [6, 6.07) is 22.9. The molecular weight excluding hydrogens is 586 g/mol. The number of aryl methyl sites for hydroxylation is 3. The third-order valence-electron chi connectivity index (χ3n) is 8.19. The Morgan fingerprint density at radius 2 is 1.43 bits per heavy atom. The van der Waals surface area contributed by atoms with Crippen LogP contribution >= 0.6 is 0 Å². The summed E-state index contributed by atoms with van der Waals surface area (Å²) in [5.41, 5.74) is 4.78. The average Bonchev–Trinajstić information content (AvgIpc) is 3.27. The summed E-state index contributed by atoms with van der Waals surface area (Å²) >= 11 is 0. The highest BCUT2D eigenvalue weighted by molar-refractivity contribution is 6.21. The number of fused-ring (bicyclic) bond motifs is 3. The number of hydrogen-bond acceptors (Lipinski definition) is 6. The molecule has 46 heavy (non-hydrogen) atoms. The molecule has 0 atom stereocenters. The highest BCUT2D eigenvalue weighted by Gasteiger charge is 2.35. The SMILES string of the molecule is Cc1cc(C(=O)NCCC(=O)O)cc(C)c1OC(=O)c1c2ccccc2[n+](C)c2cc(CN3C(=O)c4ccccc4C3=O)ccc12. The van der Waals surface area contributed by atoms with Crippen LogP contribution in [0, 0.1) is 13.8 Å². The molecule has 0 saturated heterocycles. The number of benzene rings is 4. The molecule has 2 N–H and O–H groups in total. The number of amides is 3. The van der Waals surface area contributed by atoms with E-state index < -0.39 is 17.8 Å². The molecule has 0 spiro atoms. The minimum atomic E-state index is -1.01. The summed E-state index contributed by atoms with van der Waals surface area (Å²) in [5.74, 6) is -2.39. The van der Waals surface area contributed by atoms with E-state index in [1.165, 1.54) is 4.90 Å². The first-order valence-corrected chi connectivity index (χ1v) is 14.7. The van der Waals surface area contributed by atoms with Crippen LogP contribution in [-0.2, 0) is 18.4 Å². The monoisotopic (exact) mass is 616 g/mol. The van der Waals surface area contributed by atoms with Crippen LogP contribution < -0.4 is 14.6 Å². The summed E-state index contributed by atoms with van der Waals surface area (Å²) in [4.78, 5) is 64.6. The highest BCUT2D eigenvalue weighted by Crippen LogP contribution is 2.31. The number of pyridine rings is 1. The lowest BCUT2D eigenvalue weighted by Crippen LogP contribution is -2.32. The fraction of sp³-hybridized carbons (Fsp3) is 0.167. The number of carbonyl (C=O) groups is 5. The molecule has 230 valence electrons. The first kappa shape index (κ1) is 30.1. The minimum absolute atomic E-state index is 0.00536. The lowest BCUT2D eigenvalue weighted by molar-refractivity contribution is -0.617. The zero-order chi connectivity index (χ0) is 32.7. The van der Waals surface area contributed by atoms with Crippen molar-refractivity contribution in [2.75, 3.05) is 6.54 Å². The van der Waals surface area contributed by atoms with Gasteiger partial charge < -0.3 is 15.2 Å². The lowest BCUT2D eigenvalue weighted by Gasteiger charge is -2.16. The van der Waals surface area contributed by atoms with Crippen LogP contribution in [0.5, 0.6) is 5.75 Å². The van der Waals surface area contributed by atoms with E-state index in [0.29, 0.717) is 55.4 Å². The highest BCUT2D eigenvalue weighted by atomic mass is 16.5. The number of hydrogen-bond donors (Lipinski definition) is 2. The van der Waals surface area contributed by atoms with Crippen molar-refractivity contribution in [2.24, 2.45) is 7.05 Å². The van der Waals surface area contributed by atoms with Crippen LogP contribution in [-0.4, -0.2) is 46.2 Å². The quantitative estimate of drug-likeness (QED) is 0.0852. The molecule has 10 nitrogen and oxygen atoms in total. The number of carboxylic acid groups (broad SMARTS) is 1. The molecule has 0 fully saturated rings. The molecule has 10 heteroatoms. The van der Waals surface area contributed by atoms with Crippen molar-refractivity contribution in [1.29, 1.82) is 0 Å². The van der Waals surface area contributed by atoms with Gasteiger partial charge in [-0.05, 0) is 66.9 Å². The van der Waals surface area contributed by atoms with E-state index >= 15 is 0 Å². The number of aromatic nitrogens is 1. The third-order valence-corrected chi connectivity index (χ3v) is 8.19. The molecule has 0 aliphatic carbocycles. The first-order valence-electron chi connectivity index (χ1n) is 14.7. The Morgan fingerprint density at radius 3 is 2.09 bits per heavy atom. The molecule has 5 aromatic rings. The Bertz CT molecular complexity index is 2080. The topological polar surface area (TPSA) is 134 Å². The summed E-state index contributed by atoms with van der Waals surface area (Å²) in [5, 5.41) is 12.7. The van der Waals surface area contributed by atoms with Gasteiger partial charge in [0.2, 0.25) is 11.0 Å². The number of nitrogens with one attached hydrogen (secondary N) is 1. The molecule has 0 radical (unpaired) electrons. The van der Waals surface area contributed by atoms with Gasteiger partial charge in [0.15, 0.2) is 0 Å². The van der Waals surface area contributed by atoms with Crippen molar-refractivity contribution in [3.05, 3.63) is 118 Å². The second kappa shape index (κ2) is 11.9. The zero-order valence-corrected chi connectivity index (χ0v) is 25.4. The maximum absolute atomic E-state index is 14.0.